The molecule has 0 radical (unpaired) electrons. The lowest BCUT2D eigenvalue weighted by Crippen LogP contribution is -2.48. The largest absolute Gasteiger partial charge is 0.495 e. The quantitative estimate of drug-likeness (QED) is 0.886. The zero-order chi connectivity index (χ0) is 17.9. The van der Waals surface area contributed by atoms with Gasteiger partial charge in [-0.25, -0.2) is 9.79 Å². The summed E-state index contributed by atoms with van der Waals surface area (Å²) in [6, 6.07) is 4.28. The van der Waals surface area contributed by atoms with Crippen molar-refractivity contribution >= 4 is 29.3 Å². The summed E-state index contributed by atoms with van der Waals surface area (Å²) < 4.78 is 5.16. The molecule has 0 spiro atoms. The molecule has 0 bridgehead atoms. The summed E-state index contributed by atoms with van der Waals surface area (Å²) in [5.74, 6) is -0.0650. The van der Waals surface area contributed by atoms with E-state index in [1.165, 1.54) is 7.11 Å². The monoisotopic (exact) mass is 351 g/mol. The van der Waals surface area contributed by atoms with Crippen molar-refractivity contribution in [3.05, 3.63) is 28.8 Å². The second kappa shape index (κ2) is 7.66. The minimum Gasteiger partial charge on any atom is -0.495 e. The Hall–Kier alpha value is -2.08. The fourth-order valence-corrected chi connectivity index (χ4v) is 3.19. The molecule has 0 saturated carbocycles. The first-order valence-corrected chi connectivity index (χ1v) is 8.28. The van der Waals surface area contributed by atoms with Crippen LogP contribution in [-0.4, -0.2) is 42.7 Å². The van der Waals surface area contributed by atoms with Crippen molar-refractivity contribution in [2.75, 3.05) is 20.2 Å². The van der Waals surface area contributed by atoms with Crippen LogP contribution in [0.15, 0.2) is 23.2 Å². The summed E-state index contributed by atoms with van der Waals surface area (Å²) in [4.78, 5) is 30.4. The summed E-state index contributed by atoms with van der Waals surface area (Å²) in [5, 5.41) is 3.22. The van der Waals surface area contributed by atoms with E-state index in [1.54, 1.807) is 30.0 Å². The minimum atomic E-state index is -0.549. The van der Waals surface area contributed by atoms with Gasteiger partial charge in [-0.2, -0.15) is 0 Å². The van der Waals surface area contributed by atoms with Crippen molar-refractivity contribution in [1.82, 2.24) is 10.2 Å². The Balaban J connectivity index is 2.44. The maximum atomic E-state index is 12.9. The Morgan fingerprint density at radius 2 is 2.04 bits per heavy atom. The normalized spacial score (nSPS) is 20.2. The Morgan fingerprint density at radius 3 is 2.58 bits per heavy atom. The molecule has 6 nitrogen and oxygen atoms in total. The molecule has 0 fully saturated rings. The molecule has 1 aliphatic heterocycles. The van der Waals surface area contributed by atoms with Gasteiger partial charge >= 0.3 is 6.03 Å². The van der Waals surface area contributed by atoms with E-state index in [0.717, 1.165) is 5.56 Å². The Morgan fingerprint density at radius 1 is 1.38 bits per heavy atom. The molecule has 2 unspecified atom stereocenters. The number of halogens is 1. The van der Waals surface area contributed by atoms with Gasteiger partial charge in [0.1, 0.15) is 11.7 Å². The van der Waals surface area contributed by atoms with Gasteiger partial charge in [0, 0.05) is 18.8 Å². The number of carbonyl (C=O) groups is 2. The lowest BCUT2D eigenvalue weighted by atomic mass is 9.87. The van der Waals surface area contributed by atoms with Crippen LogP contribution in [0.2, 0.25) is 5.02 Å². The molecule has 0 saturated heterocycles. The molecule has 0 aromatic heterocycles. The van der Waals surface area contributed by atoms with Gasteiger partial charge in [-0.3, -0.25) is 4.79 Å². The second-order valence-electron chi connectivity index (χ2n) is 5.56. The average molecular weight is 352 g/mol. The van der Waals surface area contributed by atoms with Gasteiger partial charge in [-0.05, 0) is 38.5 Å². The van der Waals surface area contributed by atoms with Crippen LogP contribution < -0.4 is 10.1 Å². The van der Waals surface area contributed by atoms with Crippen molar-refractivity contribution in [2.45, 2.75) is 26.8 Å². The van der Waals surface area contributed by atoms with Crippen LogP contribution in [0.5, 0.6) is 5.75 Å². The lowest BCUT2D eigenvalue weighted by Gasteiger charge is -2.33. The first-order valence-electron chi connectivity index (χ1n) is 7.90. The summed E-state index contributed by atoms with van der Waals surface area (Å²) in [6.45, 7) is 6.76. The molecule has 7 heteroatoms. The number of ether oxygens (including phenoxy) is 1. The van der Waals surface area contributed by atoms with Crippen LogP contribution in [0.1, 0.15) is 32.4 Å². The van der Waals surface area contributed by atoms with Gasteiger partial charge in [0.2, 0.25) is 5.91 Å². The molecule has 24 heavy (non-hydrogen) atoms. The third kappa shape index (κ3) is 3.53. The van der Waals surface area contributed by atoms with Gasteiger partial charge in [0.25, 0.3) is 0 Å². The van der Waals surface area contributed by atoms with E-state index in [0.29, 0.717) is 29.6 Å². The van der Waals surface area contributed by atoms with E-state index in [1.807, 2.05) is 13.8 Å². The van der Waals surface area contributed by atoms with Gasteiger partial charge in [-0.15, -0.1) is 0 Å². The number of amides is 3. The van der Waals surface area contributed by atoms with E-state index in [9.17, 15) is 9.59 Å². The van der Waals surface area contributed by atoms with Gasteiger partial charge < -0.3 is 15.0 Å². The standard InChI is InChI=1S/C17H22ClN3O3/c1-5-21(6-2)16(22)14-10(3)19-17(23)20-15(14)11-7-8-13(24-4)12(18)9-11/h7-9,14-15H,5-6H2,1-4H3,(H,20,23). The van der Waals surface area contributed by atoms with Crippen LogP contribution in [-0.2, 0) is 4.79 Å². The summed E-state index contributed by atoms with van der Waals surface area (Å²) in [5.41, 5.74) is 1.25. The van der Waals surface area contributed by atoms with Gasteiger partial charge in [0.15, 0.2) is 0 Å². The number of rotatable bonds is 5. The average Bonchev–Trinajstić information content (AvgIpc) is 2.55. The summed E-state index contributed by atoms with van der Waals surface area (Å²) >= 11 is 6.20. The SMILES string of the molecule is CCN(CC)C(=O)C1C(C)=NC(=O)NC1c1ccc(OC)c(Cl)c1. The number of nitrogens with one attached hydrogen (secondary N) is 1. The molecule has 1 aliphatic rings. The number of benzene rings is 1. The molecular formula is C17H22ClN3O3. The molecule has 1 heterocycles. The smallest absolute Gasteiger partial charge is 0.341 e. The topological polar surface area (TPSA) is 71.0 Å². The number of hydrogen-bond donors (Lipinski definition) is 1. The number of methoxy groups -OCH3 is 1. The highest BCUT2D eigenvalue weighted by Crippen LogP contribution is 2.33. The van der Waals surface area contributed by atoms with E-state index in [-0.39, 0.29) is 5.91 Å². The van der Waals surface area contributed by atoms with Crippen molar-refractivity contribution in [3.63, 3.8) is 0 Å². The highest BCUT2D eigenvalue weighted by molar-refractivity contribution is 6.32. The highest BCUT2D eigenvalue weighted by Gasteiger charge is 2.38. The summed E-state index contributed by atoms with van der Waals surface area (Å²) in [6.07, 6.45) is 0. The molecule has 2 rings (SSSR count). The minimum absolute atomic E-state index is 0.0572. The van der Waals surface area contributed by atoms with Crippen molar-refractivity contribution in [3.8, 4) is 5.75 Å². The van der Waals surface area contributed by atoms with Crippen LogP contribution in [0.25, 0.3) is 0 Å². The molecule has 130 valence electrons. The Kier molecular flexibility index (Phi) is 5.83. The van der Waals surface area contributed by atoms with Crippen molar-refractivity contribution in [1.29, 1.82) is 0 Å². The number of nitrogens with zero attached hydrogens (tertiary/aromatic N) is 2. The molecular weight excluding hydrogens is 330 g/mol. The number of urea groups is 1. The van der Waals surface area contributed by atoms with Crippen LogP contribution in [0.4, 0.5) is 4.79 Å². The molecule has 1 N–H and O–H groups in total. The zero-order valence-electron chi connectivity index (χ0n) is 14.3. The van der Waals surface area contributed by atoms with Crippen LogP contribution in [0.3, 0.4) is 0 Å². The van der Waals surface area contributed by atoms with Gasteiger partial charge in [0.05, 0.1) is 18.2 Å². The number of hydrogen-bond acceptors (Lipinski definition) is 3. The third-order valence-electron chi connectivity index (χ3n) is 4.22. The molecule has 2 atom stereocenters. The Labute approximate surface area is 146 Å². The maximum Gasteiger partial charge on any atom is 0.341 e. The maximum absolute atomic E-state index is 12.9. The van der Waals surface area contributed by atoms with E-state index in [4.69, 9.17) is 16.3 Å². The third-order valence-corrected chi connectivity index (χ3v) is 4.51. The van der Waals surface area contributed by atoms with E-state index >= 15 is 0 Å². The molecule has 1 aromatic carbocycles. The predicted octanol–water partition coefficient (Wildman–Crippen LogP) is 3.06. The van der Waals surface area contributed by atoms with Crippen LogP contribution >= 0.6 is 11.6 Å². The number of aliphatic imine (C=N–C) groups is 1. The van der Waals surface area contributed by atoms with Crippen molar-refractivity contribution < 1.29 is 14.3 Å². The lowest BCUT2D eigenvalue weighted by molar-refractivity contribution is -0.133. The fraction of sp³-hybridized carbons (Fsp3) is 0.471. The van der Waals surface area contributed by atoms with E-state index < -0.39 is 18.0 Å². The second-order valence-corrected chi connectivity index (χ2v) is 5.97. The predicted molar refractivity (Wildman–Crippen MR) is 93.8 cm³/mol. The first-order chi connectivity index (χ1) is 11.4. The number of carbonyl (C=O) groups excluding carboxylic acids is 2. The zero-order valence-corrected chi connectivity index (χ0v) is 15.1. The molecule has 3 amide bonds. The van der Waals surface area contributed by atoms with Gasteiger partial charge in [-0.1, -0.05) is 17.7 Å². The molecule has 1 aromatic rings. The first kappa shape index (κ1) is 18.3. The highest BCUT2D eigenvalue weighted by atomic mass is 35.5. The Bertz CT molecular complexity index is 671. The van der Waals surface area contributed by atoms with E-state index in [2.05, 4.69) is 10.3 Å². The molecule has 0 aliphatic carbocycles. The fourth-order valence-electron chi connectivity index (χ4n) is 2.92. The van der Waals surface area contributed by atoms with Crippen molar-refractivity contribution in [2.24, 2.45) is 10.9 Å². The van der Waals surface area contributed by atoms with Crippen LogP contribution in [0, 0.1) is 5.92 Å². The summed E-state index contributed by atoms with van der Waals surface area (Å²) in [7, 11) is 1.53.